The Morgan fingerprint density at radius 3 is 2.41 bits per heavy atom. The first kappa shape index (κ1) is 18.9. The van der Waals surface area contributed by atoms with Gasteiger partial charge in [0.15, 0.2) is 0 Å². The number of urea groups is 1. The molecule has 0 saturated heterocycles. The Kier molecular flexibility index (Phi) is 5.42. The van der Waals surface area contributed by atoms with E-state index in [9.17, 15) is 4.79 Å². The molecule has 2 aromatic carbocycles. The number of amides is 2. The fraction of sp³-hybridized carbons (Fsp3) is 0.261. The fourth-order valence-corrected chi connectivity index (χ4v) is 3.83. The van der Waals surface area contributed by atoms with Crippen LogP contribution >= 0.6 is 0 Å². The van der Waals surface area contributed by atoms with Crippen LogP contribution < -0.4 is 14.8 Å². The SMILES string of the molecule is COc1cc(NC(=O)N2CCn3cccc3C2Cc2ccccc2)cc(OC)c1. The molecule has 2 amide bonds. The van der Waals surface area contributed by atoms with Gasteiger partial charge in [-0.1, -0.05) is 30.3 Å². The molecule has 1 unspecified atom stereocenters. The lowest BCUT2D eigenvalue weighted by Gasteiger charge is -2.37. The number of fused-ring (bicyclic) bond motifs is 1. The van der Waals surface area contributed by atoms with E-state index < -0.39 is 0 Å². The van der Waals surface area contributed by atoms with Gasteiger partial charge in [0.2, 0.25) is 0 Å². The number of anilines is 1. The molecule has 1 aromatic heterocycles. The number of ether oxygens (including phenoxy) is 2. The van der Waals surface area contributed by atoms with Crippen LogP contribution in [0.25, 0.3) is 0 Å². The molecule has 29 heavy (non-hydrogen) atoms. The molecule has 0 spiro atoms. The van der Waals surface area contributed by atoms with E-state index in [1.54, 1.807) is 32.4 Å². The van der Waals surface area contributed by atoms with Crippen molar-refractivity contribution >= 4 is 11.7 Å². The number of carbonyl (C=O) groups excluding carboxylic acids is 1. The van der Waals surface area contributed by atoms with Crippen molar-refractivity contribution in [2.45, 2.75) is 19.0 Å². The maximum atomic E-state index is 13.2. The van der Waals surface area contributed by atoms with Gasteiger partial charge in [-0.05, 0) is 24.1 Å². The summed E-state index contributed by atoms with van der Waals surface area (Å²) in [5, 5.41) is 3.02. The average Bonchev–Trinajstić information content (AvgIpc) is 3.23. The van der Waals surface area contributed by atoms with E-state index in [0.717, 1.165) is 18.7 Å². The minimum atomic E-state index is -0.131. The quantitative estimate of drug-likeness (QED) is 0.704. The molecule has 150 valence electrons. The Morgan fingerprint density at radius 1 is 1.00 bits per heavy atom. The standard InChI is InChI=1S/C23H25N3O3/c1-28-19-14-18(15-20(16-19)29-2)24-23(27)26-12-11-25-10-6-9-21(25)22(26)13-17-7-4-3-5-8-17/h3-10,14-16,22H,11-13H2,1-2H3,(H,24,27). The lowest BCUT2D eigenvalue weighted by Crippen LogP contribution is -2.44. The summed E-state index contributed by atoms with van der Waals surface area (Å²) in [5.41, 5.74) is 3.00. The van der Waals surface area contributed by atoms with Gasteiger partial charge in [0.25, 0.3) is 0 Å². The van der Waals surface area contributed by atoms with E-state index in [4.69, 9.17) is 9.47 Å². The van der Waals surface area contributed by atoms with E-state index in [2.05, 4.69) is 34.3 Å². The van der Waals surface area contributed by atoms with Gasteiger partial charge in [0, 0.05) is 48.9 Å². The lowest BCUT2D eigenvalue weighted by molar-refractivity contribution is 0.167. The van der Waals surface area contributed by atoms with Crippen LogP contribution in [0.3, 0.4) is 0 Å². The maximum absolute atomic E-state index is 13.2. The van der Waals surface area contributed by atoms with E-state index in [1.807, 2.05) is 29.2 Å². The van der Waals surface area contributed by atoms with Gasteiger partial charge >= 0.3 is 6.03 Å². The van der Waals surface area contributed by atoms with Crippen molar-refractivity contribution < 1.29 is 14.3 Å². The molecule has 0 fully saturated rings. The molecule has 3 aromatic rings. The van der Waals surface area contributed by atoms with E-state index in [0.29, 0.717) is 23.7 Å². The van der Waals surface area contributed by atoms with Gasteiger partial charge in [-0.25, -0.2) is 4.79 Å². The van der Waals surface area contributed by atoms with Crippen molar-refractivity contribution in [3.05, 3.63) is 78.1 Å². The minimum absolute atomic E-state index is 0.0337. The molecular weight excluding hydrogens is 366 g/mol. The van der Waals surface area contributed by atoms with Crippen LogP contribution in [0.1, 0.15) is 17.3 Å². The molecule has 4 rings (SSSR count). The number of rotatable bonds is 5. The third-order valence-electron chi connectivity index (χ3n) is 5.30. The average molecular weight is 391 g/mol. The smallest absolute Gasteiger partial charge is 0.322 e. The van der Waals surface area contributed by atoms with Gasteiger partial charge in [0.05, 0.1) is 20.3 Å². The molecule has 1 aliphatic heterocycles. The molecule has 0 radical (unpaired) electrons. The maximum Gasteiger partial charge on any atom is 0.322 e. The number of benzene rings is 2. The second-order valence-corrected chi connectivity index (χ2v) is 7.06. The predicted molar refractivity (Wildman–Crippen MR) is 113 cm³/mol. The zero-order chi connectivity index (χ0) is 20.2. The first-order chi connectivity index (χ1) is 14.2. The Balaban J connectivity index is 1.59. The van der Waals surface area contributed by atoms with Gasteiger partial charge < -0.3 is 24.3 Å². The molecule has 6 heteroatoms. The summed E-state index contributed by atoms with van der Waals surface area (Å²) >= 11 is 0. The highest BCUT2D eigenvalue weighted by Crippen LogP contribution is 2.31. The molecule has 6 nitrogen and oxygen atoms in total. The largest absolute Gasteiger partial charge is 0.497 e. The number of carbonyl (C=O) groups is 1. The van der Waals surface area contributed by atoms with Crippen molar-refractivity contribution in [3.63, 3.8) is 0 Å². The lowest BCUT2D eigenvalue weighted by atomic mass is 10.0. The van der Waals surface area contributed by atoms with E-state index in [1.165, 1.54) is 5.56 Å². The van der Waals surface area contributed by atoms with Crippen molar-refractivity contribution in [2.24, 2.45) is 0 Å². The Labute approximate surface area is 170 Å². The molecular formula is C23H25N3O3. The molecule has 1 atom stereocenters. The summed E-state index contributed by atoms with van der Waals surface area (Å²) in [6.07, 6.45) is 2.84. The highest BCUT2D eigenvalue weighted by Gasteiger charge is 2.31. The highest BCUT2D eigenvalue weighted by atomic mass is 16.5. The minimum Gasteiger partial charge on any atom is -0.497 e. The van der Waals surface area contributed by atoms with Crippen LogP contribution in [-0.4, -0.2) is 36.3 Å². The van der Waals surface area contributed by atoms with Gasteiger partial charge in [-0.2, -0.15) is 0 Å². The van der Waals surface area contributed by atoms with Crippen LogP contribution in [0.5, 0.6) is 11.5 Å². The van der Waals surface area contributed by atoms with Crippen LogP contribution in [0.15, 0.2) is 66.9 Å². The van der Waals surface area contributed by atoms with Gasteiger partial charge in [-0.15, -0.1) is 0 Å². The Bertz CT molecular complexity index is 962. The zero-order valence-corrected chi connectivity index (χ0v) is 16.7. The van der Waals surface area contributed by atoms with Crippen molar-refractivity contribution in [2.75, 3.05) is 26.1 Å². The summed E-state index contributed by atoms with van der Waals surface area (Å²) in [6, 6.07) is 19.6. The topological polar surface area (TPSA) is 55.7 Å². The number of methoxy groups -OCH3 is 2. The summed E-state index contributed by atoms with van der Waals surface area (Å²) in [7, 11) is 3.18. The van der Waals surface area contributed by atoms with E-state index in [-0.39, 0.29) is 12.1 Å². The molecule has 0 bridgehead atoms. The molecule has 2 heterocycles. The van der Waals surface area contributed by atoms with Gasteiger partial charge in [0.1, 0.15) is 11.5 Å². The molecule has 0 saturated carbocycles. The van der Waals surface area contributed by atoms with Crippen molar-refractivity contribution in [1.82, 2.24) is 9.47 Å². The number of nitrogens with one attached hydrogen (secondary N) is 1. The third kappa shape index (κ3) is 4.06. The van der Waals surface area contributed by atoms with Crippen molar-refractivity contribution in [1.29, 1.82) is 0 Å². The monoisotopic (exact) mass is 391 g/mol. The summed E-state index contributed by atoms with van der Waals surface area (Å²) in [5.74, 6) is 1.26. The third-order valence-corrected chi connectivity index (χ3v) is 5.30. The highest BCUT2D eigenvalue weighted by molar-refractivity contribution is 5.90. The van der Waals surface area contributed by atoms with Gasteiger partial charge in [-0.3, -0.25) is 0 Å². The number of aromatic nitrogens is 1. The second-order valence-electron chi connectivity index (χ2n) is 7.06. The van der Waals surface area contributed by atoms with Crippen LogP contribution in [0, 0.1) is 0 Å². The number of hydrogen-bond acceptors (Lipinski definition) is 3. The second kappa shape index (κ2) is 8.31. The Hall–Kier alpha value is -3.41. The number of hydrogen-bond donors (Lipinski definition) is 1. The van der Waals surface area contributed by atoms with E-state index >= 15 is 0 Å². The first-order valence-electron chi connectivity index (χ1n) is 9.67. The Morgan fingerprint density at radius 2 is 1.72 bits per heavy atom. The van der Waals surface area contributed by atoms with Crippen molar-refractivity contribution in [3.8, 4) is 11.5 Å². The molecule has 0 aliphatic carbocycles. The summed E-state index contributed by atoms with van der Waals surface area (Å²) in [6.45, 7) is 1.43. The zero-order valence-electron chi connectivity index (χ0n) is 16.7. The predicted octanol–water partition coefficient (Wildman–Crippen LogP) is 4.34. The molecule has 1 N–H and O–H groups in total. The summed E-state index contributed by atoms with van der Waals surface area (Å²) < 4.78 is 12.9. The van der Waals surface area contributed by atoms with Crippen LogP contribution in [0.4, 0.5) is 10.5 Å². The van der Waals surface area contributed by atoms with Crippen LogP contribution in [-0.2, 0) is 13.0 Å². The first-order valence-corrected chi connectivity index (χ1v) is 9.67. The fourth-order valence-electron chi connectivity index (χ4n) is 3.83. The van der Waals surface area contributed by atoms with Crippen LogP contribution in [0.2, 0.25) is 0 Å². The molecule has 1 aliphatic rings. The number of nitrogens with zero attached hydrogens (tertiary/aromatic N) is 2. The summed E-state index contributed by atoms with van der Waals surface area (Å²) in [4.78, 5) is 15.1. The normalized spacial score (nSPS) is 15.5.